The first-order valence-corrected chi connectivity index (χ1v) is 6.17. The summed E-state index contributed by atoms with van der Waals surface area (Å²) in [4.78, 5) is 11.6. The van der Waals surface area contributed by atoms with Crippen LogP contribution in [0.5, 0.6) is 5.75 Å². The molecule has 0 unspecified atom stereocenters. The average molecular weight is 265 g/mol. The molecule has 3 nitrogen and oxygen atoms in total. The van der Waals surface area contributed by atoms with Crippen LogP contribution in [-0.2, 0) is 12.3 Å². The SMILES string of the molecule is O=c1cc(CCl)occ1OCCc1ccccc1. The van der Waals surface area contributed by atoms with E-state index in [2.05, 4.69) is 0 Å². The quantitative estimate of drug-likeness (QED) is 0.780. The van der Waals surface area contributed by atoms with Crippen LogP contribution in [0, 0.1) is 0 Å². The Bertz CT molecular complexity index is 548. The van der Waals surface area contributed by atoms with Crippen molar-refractivity contribution in [3.05, 3.63) is 64.2 Å². The van der Waals surface area contributed by atoms with Crippen molar-refractivity contribution in [3.8, 4) is 5.75 Å². The summed E-state index contributed by atoms with van der Waals surface area (Å²) >= 11 is 5.56. The maximum absolute atomic E-state index is 11.6. The zero-order valence-electron chi connectivity index (χ0n) is 9.77. The zero-order valence-corrected chi connectivity index (χ0v) is 10.5. The number of ether oxygens (including phenoxy) is 1. The van der Waals surface area contributed by atoms with Crippen LogP contribution in [0.1, 0.15) is 11.3 Å². The minimum Gasteiger partial charge on any atom is -0.486 e. The summed E-state index contributed by atoms with van der Waals surface area (Å²) in [7, 11) is 0. The monoisotopic (exact) mass is 264 g/mol. The van der Waals surface area contributed by atoms with Crippen LogP contribution in [0.25, 0.3) is 0 Å². The normalized spacial score (nSPS) is 10.3. The summed E-state index contributed by atoms with van der Waals surface area (Å²) in [6.45, 7) is 0.439. The van der Waals surface area contributed by atoms with Crippen molar-refractivity contribution >= 4 is 11.6 Å². The van der Waals surface area contributed by atoms with Gasteiger partial charge in [-0.05, 0) is 5.56 Å². The summed E-state index contributed by atoms with van der Waals surface area (Å²) in [6, 6.07) is 11.3. The van der Waals surface area contributed by atoms with E-state index in [0.717, 1.165) is 6.42 Å². The minimum absolute atomic E-state index is 0.180. The fourth-order valence-corrected chi connectivity index (χ4v) is 1.68. The second kappa shape index (κ2) is 6.26. The molecule has 0 amide bonds. The van der Waals surface area contributed by atoms with Crippen molar-refractivity contribution < 1.29 is 9.15 Å². The lowest BCUT2D eigenvalue weighted by molar-refractivity contribution is 0.305. The highest BCUT2D eigenvalue weighted by Gasteiger charge is 2.03. The number of benzene rings is 1. The average Bonchev–Trinajstić information content (AvgIpc) is 2.42. The summed E-state index contributed by atoms with van der Waals surface area (Å²) in [6.07, 6.45) is 2.06. The van der Waals surface area contributed by atoms with E-state index in [1.54, 1.807) is 0 Å². The van der Waals surface area contributed by atoms with Crippen LogP contribution < -0.4 is 10.2 Å². The van der Waals surface area contributed by atoms with Gasteiger partial charge in [-0.25, -0.2) is 0 Å². The molecule has 0 saturated carbocycles. The molecule has 18 heavy (non-hydrogen) atoms. The molecule has 2 aromatic rings. The van der Waals surface area contributed by atoms with Gasteiger partial charge in [0.15, 0.2) is 0 Å². The third-order valence-corrected chi connectivity index (χ3v) is 2.74. The van der Waals surface area contributed by atoms with E-state index in [1.165, 1.54) is 17.9 Å². The molecule has 0 fully saturated rings. The molecule has 94 valence electrons. The van der Waals surface area contributed by atoms with Gasteiger partial charge in [-0.1, -0.05) is 30.3 Å². The number of hydrogen-bond acceptors (Lipinski definition) is 3. The van der Waals surface area contributed by atoms with Crippen molar-refractivity contribution in [2.75, 3.05) is 6.61 Å². The fraction of sp³-hybridized carbons (Fsp3) is 0.214. The molecule has 0 atom stereocenters. The molecule has 0 aliphatic rings. The van der Waals surface area contributed by atoms with Crippen molar-refractivity contribution in [1.82, 2.24) is 0 Å². The van der Waals surface area contributed by atoms with Crippen LogP contribution in [0.2, 0.25) is 0 Å². The standard InChI is InChI=1S/C14H13ClO3/c15-9-12-8-13(16)14(10-18-12)17-7-6-11-4-2-1-3-5-11/h1-5,8,10H,6-7,9H2. The molecule has 0 aliphatic heterocycles. The largest absolute Gasteiger partial charge is 0.486 e. The Morgan fingerprint density at radius 2 is 2.00 bits per heavy atom. The van der Waals surface area contributed by atoms with Gasteiger partial charge in [-0.2, -0.15) is 0 Å². The molecule has 1 aromatic heterocycles. The summed E-state index contributed by atoms with van der Waals surface area (Å²) < 4.78 is 10.5. The van der Waals surface area contributed by atoms with Gasteiger partial charge in [-0.15, -0.1) is 11.6 Å². The highest BCUT2D eigenvalue weighted by molar-refractivity contribution is 6.16. The van der Waals surface area contributed by atoms with E-state index in [1.807, 2.05) is 30.3 Å². The second-order valence-corrected chi connectivity index (χ2v) is 4.06. The molecular weight excluding hydrogens is 252 g/mol. The molecule has 1 aromatic carbocycles. The van der Waals surface area contributed by atoms with E-state index < -0.39 is 0 Å². The van der Waals surface area contributed by atoms with Gasteiger partial charge in [-0.3, -0.25) is 4.79 Å². The highest BCUT2D eigenvalue weighted by Crippen LogP contribution is 2.08. The molecule has 0 radical (unpaired) electrons. The maximum Gasteiger partial charge on any atom is 0.227 e. The smallest absolute Gasteiger partial charge is 0.227 e. The Labute approximate surface area is 110 Å². The van der Waals surface area contributed by atoms with Crippen molar-refractivity contribution in [2.24, 2.45) is 0 Å². The lowest BCUT2D eigenvalue weighted by Crippen LogP contribution is -2.10. The van der Waals surface area contributed by atoms with E-state index >= 15 is 0 Å². The number of halogens is 1. The number of alkyl halides is 1. The van der Waals surface area contributed by atoms with Crippen molar-refractivity contribution in [1.29, 1.82) is 0 Å². The minimum atomic E-state index is -0.204. The van der Waals surface area contributed by atoms with Crippen LogP contribution in [0.15, 0.2) is 51.9 Å². The van der Waals surface area contributed by atoms with Crippen molar-refractivity contribution in [2.45, 2.75) is 12.3 Å². The fourth-order valence-electron chi connectivity index (χ4n) is 1.54. The number of hydrogen-bond donors (Lipinski definition) is 0. The molecule has 4 heteroatoms. The van der Waals surface area contributed by atoms with Crippen LogP contribution >= 0.6 is 11.6 Å². The molecule has 0 N–H and O–H groups in total. The third-order valence-electron chi connectivity index (χ3n) is 2.48. The molecular formula is C14H13ClO3. The number of rotatable bonds is 5. The maximum atomic E-state index is 11.6. The second-order valence-electron chi connectivity index (χ2n) is 3.79. The molecule has 0 aliphatic carbocycles. The predicted octanol–water partition coefficient (Wildman–Crippen LogP) is 3.00. The van der Waals surface area contributed by atoms with E-state index in [0.29, 0.717) is 12.4 Å². The van der Waals surface area contributed by atoms with Crippen LogP contribution in [-0.4, -0.2) is 6.61 Å². The van der Waals surface area contributed by atoms with E-state index in [-0.39, 0.29) is 17.1 Å². The molecule has 0 saturated heterocycles. The van der Waals surface area contributed by atoms with E-state index in [9.17, 15) is 4.79 Å². The van der Waals surface area contributed by atoms with Gasteiger partial charge in [0, 0.05) is 12.5 Å². The first-order chi connectivity index (χ1) is 8.79. The van der Waals surface area contributed by atoms with Gasteiger partial charge in [0.2, 0.25) is 11.2 Å². The lowest BCUT2D eigenvalue weighted by atomic mass is 10.2. The summed E-state index contributed by atoms with van der Waals surface area (Å²) in [5.74, 6) is 0.844. The van der Waals surface area contributed by atoms with Gasteiger partial charge >= 0.3 is 0 Å². The van der Waals surface area contributed by atoms with Gasteiger partial charge in [0.1, 0.15) is 12.0 Å². The molecule has 0 bridgehead atoms. The van der Waals surface area contributed by atoms with E-state index in [4.69, 9.17) is 20.8 Å². The first kappa shape index (κ1) is 12.7. The van der Waals surface area contributed by atoms with Gasteiger partial charge in [0.25, 0.3) is 0 Å². The summed E-state index contributed by atoms with van der Waals surface area (Å²) in [5.41, 5.74) is 0.962. The Morgan fingerprint density at radius 3 is 2.67 bits per heavy atom. The predicted molar refractivity (Wildman–Crippen MR) is 70.2 cm³/mol. The summed E-state index contributed by atoms with van der Waals surface area (Å²) in [5, 5.41) is 0. The topological polar surface area (TPSA) is 39.4 Å². The Kier molecular flexibility index (Phi) is 4.42. The van der Waals surface area contributed by atoms with Crippen molar-refractivity contribution in [3.63, 3.8) is 0 Å². The molecule has 2 rings (SSSR count). The van der Waals surface area contributed by atoms with Crippen LogP contribution in [0.3, 0.4) is 0 Å². The first-order valence-electron chi connectivity index (χ1n) is 5.64. The van der Waals surface area contributed by atoms with Gasteiger partial charge < -0.3 is 9.15 Å². The van der Waals surface area contributed by atoms with Gasteiger partial charge in [0.05, 0.1) is 12.5 Å². The highest BCUT2D eigenvalue weighted by atomic mass is 35.5. The third kappa shape index (κ3) is 3.37. The Morgan fingerprint density at radius 1 is 1.22 bits per heavy atom. The molecule has 0 spiro atoms. The molecule has 1 heterocycles. The Balaban J connectivity index is 1.93. The lowest BCUT2D eigenvalue weighted by Gasteiger charge is -2.05. The van der Waals surface area contributed by atoms with Crippen LogP contribution in [0.4, 0.5) is 0 Å². The zero-order chi connectivity index (χ0) is 12.8. The Hall–Kier alpha value is -1.74.